The highest BCUT2D eigenvalue weighted by molar-refractivity contribution is 5.60. The van der Waals surface area contributed by atoms with E-state index in [0.717, 1.165) is 25.2 Å². The average Bonchev–Trinajstić information content (AvgIpc) is 2.90. The second kappa shape index (κ2) is 5.67. The van der Waals surface area contributed by atoms with Crippen LogP contribution in [0.15, 0.2) is 18.2 Å². The molecule has 1 saturated heterocycles. The Morgan fingerprint density at radius 2 is 2.42 bits per heavy atom. The molecule has 1 N–H and O–H groups in total. The van der Waals surface area contributed by atoms with Crippen molar-refractivity contribution >= 4 is 11.4 Å². The van der Waals surface area contributed by atoms with E-state index in [2.05, 4.69) is 5.32 Å². The van der Waals surface area contributed by atoms with Crippen molar-refractivity contribution in [3.63, 3.8) is 0 Å². The Kier molecular flexibility index (Phi) is 3.97. The molecule has 6 nitrogen and oxygen atoms in total. The first-order valence-corrected chi connectivity index (χ1v) is 6.25. The van der Waals surface area contributed by atoms with Gasteiger partial charge in [0.05, 0.1) is 4.92 Å². The fourth-order valence-corrected chi connectivity index (χ4v) is 2.35. The number of rotatable bonds is 4. The van der Waals surface area contributed by atoms with Gasteiger partial charge in [-0.05, 0) is 31.5 Å². The summed E-state index contributed by atoms with van der Waals surface area (Å²) < 4.78 is 0. The molecule has 1 aliphatic rings. The molecular weight excluding hydrogens is 244 g/mol. The zero-order valence-corrected chi connectivity index (χ0v) is 10.8. The van der Waals surface area contributed by atoms with Gasteiger partial charge in [-0.2, -0.15) is 5.26 Å². The number of nitro groups is 1. The summed E-state index contributed by atoms with van der Waals surface area (Å²) in [6.07, 6.45) is 2.30. The van der Waals surface area contributed by atoms with Crippen LogP contribution in [0, 0.1) is 21.4 Å². The minimum Gasteiger partial charge on any atom is -0.373 e. The molecular formula is C13H16N4O2. The summed E-state index contributed by atoms with van der Waals surface area (Å²) in [6.45, 7) is 1.84. The summed E-state index contributed by atoms with van der Waals surface area (Å²) >= 11 is 0. The van der Waals surface area contributed by atoms with Gasteiger partial charge in [0.15, 0.2) is 0 Å². The van der Waals surface area contributed by atoms with Crippen LogP contribution >= 0.6 is 0 Å². The Bertz CT molecular complexity index is 518. The molecule has 1 aromatic carbocycles. The number of nitro benzene ring substituents is 1. The van der Waals surface area contributed by atoms with Gasteiger partial charge in [0, 0.05) is 31.4 Å². The smallest absolute Gasteiger partial charge is 0.289 e. The lowest BCUT2D eigenvalue weighted by atomic mass is 10.1. The number of nitrogens with one attached hydrogen (secondary N) is 1. The molecule has 1 aromatic rings. The van der Waals surface area contributed by atoms with Crippen LogP contribution in [0.3, 0.4) is 0 Å². The fourth-order valence-electron chi connectivity index (χ4n) is 2.35. The number of hydrogen-bond donors (Lipinski definition) is 1. The molecule has 1 fully saturated rings. The Balaban J connectivity index is 2.17. The highest BCUT2D eigenvalue weighted by atomic mass is 16.6. The van der Waals surface area contributed by atoms with E-state index in [9.17, 15) is 10.1 Å². The van der Waals surface area contributed by atoms with Crippen LogP contribution in [-0.2, 0) is 0 Å². The van der Waals surface area contributed by atoms with Gasteiger partial charge in [-0.25, -0.2) is 0 Å². The second-order valence-electron chi connectivity index (χ2n) is 4.74. The lowest BCUT2D eigenvalue weighted by Gasteiger charge is -2.23. The Hall–Kier alpha value is -2.13. The molecule has 0 amide bonds. The third-order valence-electron chi connectivity index (χ3n) is 3.40. The van der Waals surface area contributed by atoms with E-state index >= 15 is 0 Å². The Labute approximate surface area is 111 Å². The van der Waals surface area contributed by atoms with Gasteiger partial charge in [-0.15, -0.1) is 0 Å². The van der Waals surface area contributed by atoms with Crippen LogP contribution in [0.1, 0.15) is 18.4 Å². The van der Waals surface area contributed by atoms with Crippen molar-refractivity contribution in [2.45, 2.75) is 18.9 Å². The number of nitrogens with zero attached hydrogens (tertiary/aromatic N) is 3. The zero-order valence-electron chi connectivity index (χ0n) is 10.8. The summed E-state index contributed by atoms with van der Waals surface area (Å²) in [7, 11) is 1.91. The summed E-state index contributed by atoms with van der Waals surface area (Å²) in [5.41, 5.74) is 0.728. The van der Waals surface area contributed by atoms with Crippen molar-refractivity contribution in [3.05, 3.63) is 33.9 Å². The molecule has 1 aliphatic heterocycles. The molecule has 19 heavy (non-hydrogen) atoms. The quantitative estimate of drug-likeness (QED) is 0.657. The number of likely N-dealkylation sites (N-methyl/N-ethyl adjacent to an activating group) is 1. The lowest BCUT2D eigenvalue weighted by Crippen LogP contribution is -2.35. The minimum atomic E-state index is -0.510. The normalized spacial score (nSPS) is 18.0. The molecule has 6 heteroatoms. The topological polar surface area (TPSA) is 82.2 Å². The van der Waals surface area contributed by atoms with E-state index in [4.69, 9.17) is 5.26 Å². The molecule has 0 spiro atoms. The SMILES string of the molecule is CN(CC1CCCN1)c1ccc(C#N)c([N+](=O)[O-])c1. The number of nitriles is 1. The first-order chi connectivity index (χ1) is 9.11. The van der Waals surface area contributed by atoms with Crippen molar-refractivity contribution in [2.75, 3.05) is 25.0 Å². The average molecular weight is 260 g/mol. The van der Waals surface area contributed by atoms with Crippen molar-refractivity contribution in [3.8, 4) is 6.07 Å². The van der Waals surface area contributed by atoms with Crippen LogP contribution < -0.4 is 10.2 Å². The van der Waals surface area contributed by atoms with E-state index in [1.807, 2.05) is 18.0 Å². The largest absolute Gasteiger partial charge is 0.373 e. The molecule has 0 aromatic heterocycles. The van der Waals surface area contributed by atoms with Crippen molar-refractivity contribution in [2.24, 2.45) is 0 Å². The Morgan fingerprint density at radius 1 is 1.63 bits per heavy atom. The van der Waals surface area contributed by atoms with Crippen LogP contribution in [-0.4, -0.2) is 31.1 Å². The summed E-state index contributed by atoms with van der Waals surface area (Å²) in [4.78, 5) is 12.4. The Morgan fingerprint density at radius 3 is 3.00 bits per heavy atom. The van der Waals surface area contributed by atoms with Gasteiger partial charge < -0.3 is 10.2 Å². The van der Waals surface area contributed by atoms with Crippen LogP contribution in [0.25, 0.3) is 0 Å². The van der Waals surface area contributed by atoms with Gasteiger partial charge in [0.2, 0.25) is 0 Å². The molecule has 100 valence electrons. The van der Waals surface area contributed by atoms with Gasteiger partial charge in [0.1, 0.15) is 11.6 Å². The number of hydrogen-bond acceptors (Lipinski definition) is 5. The van der Waals surface area contributed by atoms with Crippen LogP contribution in [0.2, 0.25) is 0 Å². The molecule has 1 heterocycles. The maximum absolute atomic E-state index is 10.9. The monoisotopic (exact) mass is 260 g/mol. The third kappa shape index (κ3) is 3.01. The molecule has 2 rings (SSSR count). The van der Waals surface area contributed by atoms with Crippen LogP contribution in [0.5, 0.6) is 0 Å². The first kappa shape index (κ1) is 13.3. The predicted molar refractivity (Wildman–Crippen MR) is 72.1 cm³/mol. The van der Waals surface area contributed by atoms with Crippen LogP contribution in [0.4, 0.5) is 11.4 Å². The third-order valence-corrected chi connectivity index (χ3v) is 3.40. The first-order valence-electron chi connectivity index (χ1n) is 6.25. The maximum Gasteiger partial charge on any atom is 0.289 e. The van der Waals surface area contributed by atoms with Gasteiger partial charge in [-0.3, -0.25) is 10.1 Å². The molecule has 0 aliphatic carbocycles. The van der Waals surface area contributed by atoms with Gasteiger partial charge in [0.25, 0.3) is 5.69 Å². The number of anilines is 1. The summed E-state index contributed by atoms with van der Waals surface area (Å²) in [6, 6.07) is 7.00. The van der Waals surface area contributed by atoms with E-state index in [0.29, 0.717) is 6.04 Å². The number of benzene rings is 1. The summed E-state index contributed by atoms with van der Waals surface area (Å²) in [5, 5.41) is 23.2. The lowest BCUT2D eigenvalue weighted by molar-refractivity contribution is -0.385. The minimum absolute atomic E-state index is 0.0983. The van der Waals surface area contributed by atoms with Gasteiger partial charge in [-0.1, -0.05) is 0 Å². The molecule has 0 bridgehead atoms. The zero-order chi connectivity index (χ0) is 13.8. The van der Waals surface area contributed by atoms with E-state index < -0.39 is 4.92 Å². The van der Waals surface area contributed by atoms with Crippen molar-refractivity contribution in [1.82, 2.24) is 5.32 Å². The molecule has 1 unspecified atom stereocenters. The second-order valence-corrected chi connectivity index (χ2v) is 4.74. The highest BCUT2D eigenvalue weighted by Gasteiger charge is 2.19. The predicted octanol–water partition coefficient (Wildman–Crippen LogP) is 1.65. The van der Waals surface area contributed by atoms with Gasteiger partial charge >= 0.3 is 0 Å². The van der Waals surface area contributed by atoms with E-state index in [-0.39, 0.29) is 11.3 Å². The summed E-state index contributed by atoms with van der Waals surface area (Å²) in [5.74, 6) is 0. The van der Waals surface area contributed by atoms with E-state index in [1.165, 1.54) is 18.6 Å². The molecule has 0 radical (unpaired) electrons. The fraction of sp³-hybridized carbons (Fsp3) is 0.462. The standard InChI is InChI=1S/C13H16N4O2/c1-16(9-11-3-2-6-15-11)12-5-4-10(8-14)13(7-12)17(18)19/h4-5,7,11,15H,2-3,6,9H2,1H3. The molecule has 1 atom stereocenters. The van der Waals surface area contributed by atoms with Crippen molar-refractivity contribution in [1.29, 1.82) is 5.26 Å². The highest BCUT2D eigenvalue weighted by Crippen LogP contribution is 2.25. The van der Waals surface area contributed by atoms with E-state index in [1.54, 1.807) is 6.07 Å². The molecule has 0 saturated carbocycles. The van der Waals surface area contributed by atoms with Crippen molar-refractivity contribution < 1.29 is 4.92 Å². The maximum atomic E-state index is 10.9.